The molecule has 3 N–H and O–H groups in total. The Hall–Kier alpha value is -4.12. The molecule has 0 unspecified atom stereocenters. The summed E-state index contributed by atoms with van der Waals surface area (Å²) in [6, 6.07) is 6.48. The fourth-order valence-electron chi connectivity index (χ4n) is 4.82. The molecule has 9 nitrogen and oxygen atoms in total. The van der Waals surface area contributed by atoms with Crippen LogP contribution in [0.2, 0.25) is 0 Å². The van der Waals surface area contributed by atoms with Crippen LogP contribution in [0.4, 0.5) is 14.5 Å². The van der Waals surface area contributed by atoms with Gasteiger partial charge < -0.3 is 10.8 Å². The highest BCUT2D eigenvalue weighted by atomic mass is 19.1. The number of hydrogen-bond donors (Lipinski definition) is 2. The standard InChI is InChI=1S/C23H19F2N7O2/c1-30-18-9-27-22(31-10-28-15-3-2-12(26)8-17(15)31)29-21(18)32(23(30)34)16-4-5-19(33)20-13(16)6-11(24)7-14(20)25/h2-3,6-10,16,19,33H,4-5,26H2,1H3/t16-,19-/m1/s1. The Morgan fingerprint density at radius 2 is 1.94 bits per heavy atom. The molecule has 3 aromatic heterocycles. The van der Waals surface area contributed by atoms with E-state index in [1.54, 1.807) is 36.1 Å². The van der Waals surface area contributed by atoms with Crippen LogP contribution < -0.4 is 11.4 Å². The van der Waals surface area contributed by atoms with Gasteiger partial charge in [0.05, 0.1) is 29.4 Å². The van der Waals surface area contributed by atoms with Gasteiger partial charge in [-0.25, -0.2) is 23.5 Å². The molecule has 2 atom stereocenters. The van der Waals surface area contributed by atoms with Gasteiger partial charge in [0.1, 0.15) is 23.5 Å². The number of benzene rings is 2. The molecule has 0 spiro atoms. The van der Waals surface area contributed by atoms with Crippen LogP contribution in [0.3, 0.4) is 0 Å². The number of aromatic nitrogens is 6. The second kappa shape index (κ2) is 7.19. The molecule has 172 valence electrons. The van der Waals surface area contributed by atoms with E-state index in [0.717, 1.165) is 6.07 Å². The lowest BCUT2D eigenvalue weighted by Crippen LogP contribution is -2.30. The van der Waals surface area contributed by atoms with E-state index in [1.165, 1.54) is 21.4 Å². The van der Waals surface area contributed by atoms with Crippen molar-refractivity contribution in [3.8, 4) is 5.95 Å². The Morgan fingerprint density at radius 3 is 2.76 bits per heavy atom. The molecule has 0 amide bonds. The number of nitrogens with zero attached hydrogens (tertiary/aromatic N) is 6. The summed E-state index contributed by atoms with van der Waals surface area (Å²) in [6.45, 7) is 0. The topological polar surface area (TPSA) is 117 Å². The summed E-state index contributed by atoms with van der Waals surface area (Å²) in [5.74, 6) is -1.35. The maximum atomic E-state index is 14.6. The maximum Gasteiger partial charge on any atom is 0.330 e. The minimum absolute atomic E-state index is 0.00640. The zero-order valence-electron chi connectivity index (χ0n) is 18.0. The first-order chi connectivity index (χ1) is 16.3. The summed E-state index contributed by atoms with van der Waals surface area (Å²) in [5, 5.41) is 10.4. The molecule has 0 saturated carbocycles. The average molecular weight is 463 g/mol. The van der Waals surface area contributed by atoms with Crippen molar-refractivity contribution in [3.05, 3.63) is 76.1 Å². The Bertz CT molecular complexity index is 1670. The number of fused-ring (bicyclic) bond motifs is 3. The lowest BCUT2D eigenvalue weighted by atomic mass is 9.85. The third-order valence-corrected chi connectivity index (χ3v) is 6.45. The molecular weight excluding hydrogens is 444 g/mol. The van der Waals surface area contributed by atoms with E-state index in [0.29, 0.717) is 34.3 Å². The van der Waals surface area contributed by atoms with E-state index >= 15 is 0 Å². The van der Waals surface area contributed by atoms with E-state index in [9.17, 15) is 18.7 Å². The minimum atomic E-state index is -1.08. The van der Waals surface area contributed by atoms with Crippen molar-refractivity contribution in [1.29, 1.82) is 0 Å². The van der Waals surface area contributed by atoms with Gasteiger partial charge in [-0.2, -0.15) is 4.98 Å². The van der Waals surface area contributed by atoms with Crippen molar-refractivity contribution in [2.45, 2.75) is 25.0 Å². The van der Waals surface area contributed by atoms with Crippen LogP contribution in [-0.4, -0.2) is 33.8 Å². The smallest absolute Gasteiger partial charge is 0.330 e. The highest BCUT2D eigenvalue weighted by molar-refractivity contribution is 5.80. The fraction of sp³-hybridized carbons (Fsp3) is 0.217. The van der Waals surface area contributed by atoms with E-state index in [4.69, 9.17) is 5.73 Å². The zero-order valence-corrected chi connectivity index (χ0v) is 18.0. The quantitative estimate of drug-likeness (QED) is 0.389. The minimum Gasteiger partial charge on any atom is -0.399 e. The Morgan fingerprint density at radius 1 is 1.12 bits per heavy atom. The lowest BCUT2D eigenvalue weighted by Gasteiger charge is -2.30. The van der Waals surface area contributed by atoms with Gasteiger partial charge in [0.25, 0.3) is 0 Å². The van der Waals surface area contributed by atoms with Crippen LogP contribution in [0.5, 0.6) is 0 Å². The number of aryl methyl sites for hydroxylation is 1. The molecule has 3 heterocycles. The Balaban J connectivity index is 1.60. The van der Waals surface area contributed by atoms with E-state index in [-0.39, 0.29) is 23.5 Å². The Kier molecular flexibility index (Phi) is 4.33. The number of anilines is 1. The first kappa shape index (κ1) is 20.5. The maximum absolute atomic E-state index is 14.6. The predicted molar refractivity (Wildman–Crippen MR) is 121 cm³/mol. The van der Waals surface area contributed by atoms with Gasteiger partial charge in [-0.05, 0) is 42.7 Å². The predicted octanol–water partition coefficient (Wildman–Crippen LogP) is 2.75. The molecule has 1 aliphatic carbocycles. The number of aliphatic hydroxyl groups is 1. The van der Waals surface area contributed by atoms with E-state index in [1.807, 2.05) is 0 Å². The first-order valence-corrected chi connectivity index (χ1v) is 10.7. The summed E-state index contributed by atoms with van der Waals surface area (Å²) in [5.41, 5.74) is 8.47. The Labute approximate surface area is 190 Å². The summed E-state index contributed by atoms with van der Waals surface area (Å²) in [4.78, 5) is 26.7. The van der Waals surface area contributed by atoms with Gasteiger partial charge in [-0.3, -0.25) is 13.7 Å². The molecule has 0 radical (unpaired) electrons. The van der Waals surface area contributed by atoms with Crippen LogP contribution in [0.1, 0.15) is 36.1 Å². The molecule has 0 aliphatic heterocycles. The molecule has 0 fully saturated rings. The van der Waals surface area contributed by atoms with Crippen molar-refractivity contribution < 1.29 is 13.9 Å². The zero-order chi connectivity index (χ0) is 23.7. The molecule has 34 heavy (non-hydrogen) atoms. The molecule has 2 aromatic carbocycles. The number of aliphatic hydroxyl groups excluding tert-OH is 1. The van der Waals surface area contributed by atoms with E-state index in [2.05, 4.69) is 15.0 Å². The van der Waals surface area contributed by atoms with Gasteiger partial charge in [0.15, 0.2) is 5.65 Å². The largest absolute Gasteiger partial charge is 0.399 e. The van der Waals surface area contributed by atoms with Crippen molar-refractivity contribution in [3.63, 3.8) is 0 Å². The number of nitrogens with two attached hydrogens (primary N) is 1. The molecular formula is C23H19F2N7O2. The fourth-order valence-corrected chi connectivity index (χ4v) is 4.82. The summed E-state index contributed by atoms with van der Waals surface area (Å²) >= 11 is 0. The molecule has 1 aliphatic rings. The molecule has 0 saturated heterocycles. The number of imidazole rings is 2. The molecule has 6 rings (SSSR count). The van der Waals surface area contributed by atoms with Gasteiger partial charge >= 0.3 is 5.69 Å². The van der Waals surface area contributed by atoms with Crippen LogP contribution in [0.25, 0.3) is 28.1 Å². The second-order valence-corrected chi connectivity index (χ2v) is 8.45. The number of nitrogen functional groups attached to an aromatic ring is 1. The third kappa shape index (κ3) is 2.86. The van der Waals surface area contributed by atoms with E-state index < -0.39 is 29.5 Å². The molecule has 0 bridgehead atoms. The highest BCUT2D eigenvalue weighted by Gasteiger charge is 2.33. The summed E-state index contributed by atoms with van der Waals surface area (Å²) < 4.78 is 33.2. The van der Waals surface area contributed by atoms with Gasteiger partial charge in [-0.15, -0.1) is 0 Å². The van der Waals surface area contributed by atoms with Crippen molar-refractivity contribution >= 4 is 27.9 Å². The van der Waals surface area contributed by atoms with Crippen LogP contribution >= 0.6 is 0 Å². The highest BCUT2D eigenvalue weighted by Crippen LogP contribution is 2.40. The van der Waals surface area contributed by atoms with Crippen molar-refractivity contribution in [2.75, 3.05) is 5.73 Å². The SMILES string of the molecule is Cn1c(=O)n([C@@H]2CC[C@@H](O)c3c(F)cc(F)cc32)c2nc(-n3cnc4ccc(N)cc43)ncc21. The van der Waals surface area contributed by atoms with Gasteiger partial charge in [0, 0.05) is 24.4 Å². The third-order valence-electron chi connectivity index (χ3n) is 6.45. The van der Waals surface area contributed by atoms with Crippen LogP contribution in [0, 0.1) is 11.6 Å². The lowest BCUT2D eigenvalue weighted by molar-refractivity contribution is 0.142. The monoisotopic (exact) mass is 463 g/mol. The van der Waals surface area contributed by atoms with Crippen LogP contribution in [-0.2, 0) is 7.05 Å². The van der Waals surface area contributed by atoms with Gasteiger partial charge in [-0.1, -0.05) is 0 Å². The summed E-state index contributed by atoms with van der Waals surface area (Å²) in [7, 11) is 1.59. The molecule has 11 heteroatoms. The number of halogens is 2. The van der Waals surface area contributed by atoms with Crippen molar-refractivity contribution in [2.24, 2.45) is 7.05 Å². The molecule has 5 aromatic rings. The summed E-state index contributed by atoms with van der Waals surface area (Å²) in [6.07, 6.45) is 2.53. The van der Waals surface area contributed by atoms with Crippen LogP contribution in [0.15, 0.2) is 47.7 Å². The number of hydrogen-bond acceptors (Lipinski definition) is 6. The van der Waals surface area contributed by atoms with Gasteiger partial charge in [0.2, 0.25) is 5.95 Å². The van der Waals surface area contributed by atoms with Crippen molar-refractivity contribution in [1.82, 2.24) is 28.7 Å². The number of rotatable bonds is 2. The second-order valence-electron chi connectivity index (χ2n) is 8.45. The average Bonchev–Trinajstić information content (AvgIpc) is 3.32. The normalized spacial score (nSPS) is 18.0. The first-order valence-electron chi connectivity index (χ1n) is 10.7.